The van der Waals surface area contributed by atoms with Gasteiger partial charge in [-0.3, -0.25) is 4.90 Å². The Balaban J connectivity index is 1.96. The van der Waals surface area contributed by atoms with Crippen molar-refractivity contribution in [2.45, 2.75) is 38.3 Å². The first kappa shape index (κ1) is 14.3. The highest BCUT2D eigenvalue weighted by Gasteiger charge is 2.23. The van der Waals surface area contributed by atoms with Gasteiger partial charge >= 0.3 is 0 Å². The maximum atomic E-state index is 13.1. The largest absolute Gasteiger partial charge is 0.296 e. The first-order chi connectivity index (χ1) is 8.70. The topological polar surface area (TPSA) is 3.24 Å². The summed E-state index contributed by atoms with van der Waals surface area (Å²) in [5.74, 6) is -0.335. The molecule has 100 valence electrons. The van der Waals surface area contributed by atoms with E-state index < -0.39 is 0 Å². The van der Waals surface area contributed by atoms with Gasteiger partial charge < -0.3 is 0 Å². The number of nitrogens with zero attached hydrogens (tertiary/aromatic N) is 1. The second-order valence-corrected chi connectivity index (χ2v) is 6.05. The summed E-state index contributed by atoms with van der Waals surface area (Å²) in [6, 6.07) is 5.71. The Bertz CT molecular complexity index is 399. The van der Waals surface area contributed by atoms with Gasteiger partial charge in [0.2, 0.25) is 0 Å². The predicted octanol–water partition coefficient (Wildman–Crippen LogP) is 4.62. The van der Waals surface area contributed by atoms with Gasteiger partial charge in [0.25, 0.3) is 0 Å². The fourth-order valence-corrected chi connectivity index (χ4v) is 3.14. The van der Waals surface area contributed by atoms with Gasteiger partial charge in [-0.25, -0.2) is 4.39 Å². The Kier molecular flexibility index (Phi) is 5.46. The molecule has 0 spiro atoms. The molecule has 0 aliphatic carbocycles. The Labute approximate surface area is 121 Å². The smallest absolute Gasteiger partial charge is 0.141 e. The third kappa shape index (κ3) is 3.69. The molecule has 1 aromatic rings. The molecule has 4 heteroatoms. The molecule has 0 radical (unpaired) electrons. The minimum Gasteiger partial charge on any atom is -0.296 e. The van der Waals surface area contributed by atoms with E-state index in [1.165, 1.54) is 31.7 Å². The van der Waals surface area contributed by atoms with E-state index >= 15 is 0 Å². The highest BCUT2D eigenvalue weighted by atomic mass is 79.9. The average molecular weight is 335 g/mol. The van der Waals surface area contributed by atoms with Crippen LogP contribution in [-0.2, 0) is 6.54 Å². The molecule has 2 rings (SSSR count). The van der Waals surface area contributed by atoms with Crippen molar-refractivity contribution in [2.24, 2.45) is 0 Å². The van der Waals surface area contributed by atoms with Crippen LogP contribution in [0.5, 0.6) is 0 Å². The van der Waals surface area contributed by atoms with Crippen molar-refractivity contribution in [3.8, 4) is 0 Å². The molecule has 1 saturated heterocycles. The van der Waals surface area contributed by atoms with Crippen molar-refractivity contribution < 1.29 is 4.39 Å². The van der Waals surface area contributed by atoms with Crippen LogP contribution in [0, 0.1) is 5.82 Å². The van der Waals surface area contributed by atoms with E-state index in [2.05, 4.69) is 20.8 Å². The van der Waals surface area contributed by atoms with E-state index in [0.29, 0.717) is 6.04 Å². The summed E-state index contributed by atoms with van der Waals surface area (Å²) in [5, 5.41) is 1.29. The number of hydrogen-bond acceptors (Lipinski definition) is 1. The van der Waals surface area contributed by atoms with E-state index in [1.54, 1.807) is 6.07 Å². The van der Waals surface area contributed by atoms with Crippen molar-refractivity contribution in [1.29, 1.82) is 0 Å². The van der Waals surface area contributed by atoms with Crippen LogP contribution in [0.4, 0.5) is 4.39 Å². The normalized spacial score (nSPS) is 20.5. The van der Waals surface area contributed by atoms with Gasteiger partial charge in [0.1, 0.15) is 5.82 Å². The van der Waals surface area contributed by atoms with E-state index in [9.17, 15) is 4.39 Å². The van der Waals surface area contributed by atoms with Crippen LogP contribution in [0.15, 0.2) is 18.2 Å². The molecule has 1 atom stereocenters. The summed E-state index contributed by atoms with van der Waals surface area (Å²) in [6.45, 7) is 2.02. The molecule has 0 N–H and O–H groups in total. The lowest BCUT2D eigenvalue weighted by atomic mass is 10.1. The third-order valence-electron chi connectivity index (χ3n) is 3.54. The van der Waals surface area contributed by atoms with Gasteiger partial charge in [-0.2, -0.15) is 0 Å². The van der Waals surface area contributed by atoms with Gasteiger partial charge in [0, 0.05) is 17.9 Å². The number of halogens is 3. The van der Waals surface area contributed by atoms with Gasteiger partial charge in [0.05, 0.1) is 5.02 Å². The summed E-state index contributed by atoms with van der Waals surface area (Å²) >= 11 is 9.30. The van der Waals surface area contributed by atoms with Crippen LogP contribution in [0.2, 0.25) is 5.02 Å². The minimum absolute atomic E-state index is 0.226. The van der Waals surface area contributed by atoms with E-state index in [0.717, 1.165) is 24.0 Å². The van der Waals surface area contributed by atoms with Crippen LogP contribution in [0.3, 0.4) is 0 Å². The second-order valence-electron chi connectivity index (χ2n) is 4.85. The van der Waals surface area contributed by atoms with Crippen LogP contribution in [-0.4, -0.2) is 22.8 Å². The summed E-state index contributed by atoms with van der Waals surface area (Å²) in [6.07, 6.45) is 5.00. The molecule has 1 aliphatic rings. The highest BCUT2D eigenvalue weighted by molar-refractivity contribution is 9.09. The summed E-state index contributed by atoms with van der Waals surface area (Å²) in [5.41, 5.74) is 1.10. The molecular weight excluding hydrogens is 317 g/mol. The lowest BCUT2D eigenvalue weighted by Crippen LogP contribution is -2.28. The molecular formula is C14H18BrClFN. The van der Waals surface area contributed by atoms with E-state index in [1.807, 2.05) is 6.07 Å². The Morgan fingerprint density at radius 2 is 2.28 bits per heavy atom. The zero-order valence-corrected chi connectivity index (χ0v) is 12.7. The zero-order valence-electron chi connectivity index (χ0n) is 10.3. The molecule has 1 aliphatic heterocycles. The van der Waals surface area contributed by atoms with Gasteiger partial charge in [-0.1, -0.05) is 33.6 Å². The minimum atomic E-state index is -0.335. The van der Waals surface area contributed by atoms with Crippen molar-refractivity contribution in [2.75, 3.05) is 11.9 Å². The quantitative estimate of drug-likeness (QED) is 0.710. The van der Waals surface area contributed by atoms with E-state index in [4.69, 9.17) is 11.6 Å². The molecule has 0 aromatic heterocycles. The molecule has 1 unspecified atom stereocenters. The highest BCUT2D eigenvalue weighted by Crippen LogP contribution is 2.25. The maximum Gasteiger partial charge on any atom is 0.141 e. The molecule has 1 aromatic carbocycles. The van der Waals surface area contributed by atoms with Crippen LogP contribution >= 0.6 is 27.5 Å². The summed E-state index contributed by atoms with van der Waals surface area (Å²) in [4.78, 5) is 2.49. The zero-order chi connectivity index (χ0) is 13.0. The molecule has 1 heterocycles. The Morgan fingerprint density at radius 1 is 1.44 bits per heavy atom. The molecule has 0 amide bonds. The summed E-state index contributed by atoms with van der Waals surface area (Å²) < 4.78 is 13.1. The van der Waals surface area contributed by atoms with E-state index in [-0.39, 0.29) is 10.8 Å². The van der Waals surface area contributed by atoms with Crippen LogP contribution in [0.25, 0.3) is 0 Å². The summed E-state index contributed by atoms with van der Waals surface area (Å²) in [7, 11) is 0. The van der Waals surface area contributed by atoms with Crippen molar-refractivity contribution in [3.05, 3.63) is 34.6 Å². The lowest BCUT2D eigenvalue weighted by Gasteiger charge is -2.24. The predicted molar refractivity (Wildman–Crippen MR) is 77.9 cm³/mol. The lowest BCUT2D eigenvalue weighted by molar-refractivity contribution is 0.234. The fraction of sp³-hybridized carbons (Fsp3) is 0.571. The van der Waals surface area contributed by atoms with Gasteiger partial charge in [0.15, 0.2) is 0 Å². The SMILES string of the molecule is Fc1ccc(CN2CCCC2CCCBr)cc1Cl. The fourth-order valence-electron chi connectivity index (χ4n) is 2.62. The van der Waals surface area contributed by atoms with Gasteiger partial charge in [-0.05, 0) is 49.9 Å². The number of rotatable bonds is 5. The first-order valence-electron chi connectivity index (χ1n) is 6.44. The molecule has 1 fully saturated rings. The standard InChI is InChI=1S/C14H18BrClFN/c15-7-1-3-12-4-2-8-18(12)10-11-5-6-14(17)13(16)9-11/h5-6,9,12H,1-4,7-8,10H2. The number of benzene rings is 1. The monoisotopic (exact) mass is 333 g/mol. The second kappa shape index (κ2) is 6.88. The molecule has 1 nitrogen and oxygen atoms in total. The Morgan fingerprint density at radius 3 is 3.00 bits per heavy atom. The first-order valence-corrected chi connectivity index (χ1v) is 7.94. The molecule has 0 bridgehead atoms. The molecule has 0 saturated carbocycles. The van der Waals surface area contributed by atoms with Crippen molar-refractivity contribution in [3.63, 3.8) is 0 Å². The van der Waals surface area contributed by atoms with Crippen molar-refractivity contribution >= 4 is 27.5 Å². The number of hydrogen-bond donors (Lipinski definition) is 0. The Hall–Kier alpha value is -0.120. The number of likely N-dealkylation sites (tertiary alicyclic amines) is 1. The maximum absolute atomic E-state index is 13.1. The third-order valence-corrected chi connectivity index (χ3v) is 4.39. The molecule has 18 heavy (non-hydrogen) atoms. The van der Waals surface area contributed by atoms with Crippen molar-refractivity contribution in [1.82, 2.24) is 4.90 Å². The number of alkyl halides is 1. The average Bonchev–Trinajstić information content (AvgIpc) is 2.79. The van der Waals surface area contributed by atoms with Gasteiger partial charge in [-0.15, -0.1) is 0 Å². The van der Waals surface area contributed by atoms with Crippen LogP contribution in [0.1, 0.15) is 31.2 Å². The van der Waals surface area contributed by atoms with Crippen LogP contribution < -0.4 is 0 Å².